The Labute approximate surface area is 828 Å². The van der Waals surface area contributed by atoms with Gasteiger partial charge in [0, 0.05) is 179 Å². The van der Waals surface area contributed by atoms with E-state index >= 15 is 0 Å². The van der Waals surface area contributed by atoms with Gasteiger partial charge in [-0.3, -0.25) is 62.7 Å². The van der Waals surface area contributed by atoms with E-state index in [2.05, 4.69) is 31.6 Å². The average molecular weight is 2020 g/mol. The number of aliphatic hydroxyl groups excluding tert-OH is 2. The molecule has 9 amide bonds. The third-order valence-corrected chi connectivity index (χ3v) is 31.1. The summed E-state index contributed by atoms with van der Waals surface area (Å²) in [6.07, 6.45) is 4.77. The normalized spacial score (nSPS) is 25.9. The van der Waals surface area contributed by atoms with Crippen LogP contribution < -0.4 is 60.1 Å². The van der Waals surface area contributed by atoms with Gasteiger partial charge in [-0.15, -0.1) is 0 Å². The quantitative estimate of drug-likeness (QED) is 0.00555. The van der Waals surface area contributed by atoms with Crippen LogP contribution in [0.25, 0.3) is 44.1 Å². The minimum absolute atomic E-state index is 0. The number of unbranched alkanes of at least 4 members (excludes halogenated alkanes) is 9. The number of aryl methyl sites for hydroxylation is 2. The number of benzene rings is 4. The third kappa shape index (κ3) is 25.0. The Balaban J connectivity index is 0.00000668. The molecule has 8 heterocycles. The molecule has 2 fully saturated rings. The van der Waals surface area contributed by atoms with E-state index in [9.17, 15) is 82.9 Å². The van der Waals surface area contributed by atoms with E-state index in [1.54, 1.807) is 24.3 Å². The number of hydrogen-bond acceptors (Lipinski definition) is 26. The summed E-state index contributed by atoms with van der Waals surface area (Å²) in [7, 11) is -5.36. The second kappa shape index (κ2) is 47.1. The van der Waals surface area contributed by atoms with Crippen molar-refractivity contribution in [2.45, 2.75) is 260 Å². The summed E-state index contributed by atoms with van der Waals surface area (Å²) in [6, 6.07) is 16.3. The number of phosphoric ester groups is 1. The fraction of sp³-hybridized carbons (Fsp3) is 0.540. The molecule has 2 aromatic heterocycles. The van der Waals surface area contributed by atoms with Gasteiger partial charge in [0.1, 0.15) is 29.8 Å². The second-order valence-electron chi connectivity index (χ2n) is 39.1. The van der Waals surface area contributed by atoms with Gasteiger partial charge in [0.2, 0.25) is 53.2 Å². The van der Waals surface area contributed by atoms with Crippen LogP contribution >= 0.6 is 19.6 Å². The van der Waals surface area contributed by atoms with Crippen molar-refractivity contribution in [3.8, 4) is 22.6 Å². The number of nitrogens with one attached hydrogen (secondary N) is 5. The van der Waals surface area contributed by atoms with Crippen molar-refractivity contribution in [2.24, 2.45) is 89.0 Å². The first-order valence-electron chi connectivity index (χ1n) is 47.4. The number of primary amides is 5. The number of nitrogens with zero attached hydrogens (tertiary/aromatic N) is 6. The number of carbonyl (C=O) groups excluding carboxylic acids is 9. The van der Waals surface area contributed by atoms with Crippen LogP contribution in [0.2, 0.25) is 0 Å². The van der Waals surface area contributed by atoms with Gasteiger partial charge in [0.15, 0.2) is 6.23 Å². The first-order chi connectivity index (χ1) is 65.7. The standard InChI is InChI=1S/C99H132N15O21PS.CN.Co/c1-53-40-70-71(41-54(53)2)114(52-108-70)93-88(127)89(74(50-115)133-93)135-136(130,131)134-55(3)49-107-82(124)34-36-96(8)68(45-78(102)120)92-99(11)98(10,48-80(104)122)67(87(113-99)57(5)91-97(9,47-79(103)121)65(28-31-76(100)118)69(110-91)46-75-95(6,7)66(29-32-77(101)119)86(111-75)56(4)90(96)112-92)30-33-81(123)105-37-20-18-16-14-12-13-15-17-19-21-38-106-83(125)35-39-137-51-84(126)109-58-22-25-61(64(42-58)94(128)129)85-62-26-23-59(116)43-72(62)132-73-44-60(117)24-27-63(73)85;1-2;/h22-27,40-44,46,52,55,65-68,74,88-89,92-93,115,127H,12-21,28-39,45,47-51H2,1-11H3,(H18-,100,101,102,103,104,105,106,107,109,110,111,112,113,116,117,118,119,120,121,122,123,124,125,126,128,129,130,131);;/q;-1;/t55?,65-,66-,67-,68?,74-,88-,89+,92?,93+,96-,97+,98+,99?;;/m1../s1. The number of aliphatic hydroxyl groups is 2. The first kappa shape index (κ1) is 111. The molecule has 6 aromatic rings. The monoisotopic (exact) mass is 2010 g/mol. The zero-order valence-electron chi connectivity index (χ0n) is 81.1. The van der Waals surface area contributed by atoms with Crippen LogP contribution in [0, 0.1) is 71.0 Å². The predicted octanol–water partition coefficient (Wildman–Crippen LogP) is 11.0. The number of amides is 9. The summed E-state index contributed by atoms with van der Waals surface area (Å²) in [5.74, 6) is -8.52. The molecular formula is C100H132CoN16O21PS-. The third-order valence-electron chi connectivity index (χ3n) is 29.0. The molecule has 5 unspecified atom stereocenters. The predicted molar refractivity (Wildman–Crippen MR) is 524 cm³/mol. The summed E-state index contributed by atoms with van der Waals surface area (Å²) in [5, 5.41) is 75.6. The van der Waals surface area contributed by atoms with Gasteiger partial charge in [-0.25, -0.2) is 14.2 Å². The molecule has 6 aliphatic heterocycles. The number of imidazole rings is 1. The van der Waals surface area contributed by atoms with Crippen LogP contribution in [-0.4, -0.2) is 185 Å². The zero-order chi connectivity index (χ0) is 102. The number of nitrogens with two attached hydrogens (primary N) is 5. The van der Waals surface area contributed by atoms with E-state index in [1.165, 1.54) is 59.9 Å². The second-order valence-corrected chi connectivity index (χ2v) is 41.5. The molecule has 6 aliphatic rings. The molecule has 0 aliphatic carbocycles. The van der Waals surface area contributed by atoms with Gasteiger partial charge < -0.3 is 116 Å². The van der Waals surface area contributed by atoms with Crippen molar-refractivity contribution in [3.63, 3.8) is 0 Å². The van der Waals surface area contributed by atoms with Gasteiger partial charge >= 0.3 is 17.1 Å². The van der Waals surface area contributed by atoms with E-state index in [4.69, 9.17) is 73.7 Å². The largest absolute Gasteiger partial charge is 0.756 e. The van der Waals surface area contributed by atoms with Crippen molar-refractivity contribution >= 4 is 135 Å². The number of anilines is 1. The maximum Gasteiger partial charge on any atom is 0.365 e. The molecule has 2 saturated heterocycles. The average Bonchev–Trinajstić information content (AvgIpc) is 1.52. The SMILES string of the molecule is C/C1=C2/NC(C(CC(N)=O)[C@@]2(C)CCC(=O)NCC(C)OP(=O)([O-])O[C@@H]2[C@@H](O)[C@@H](n3cnc4cc(C)c(C)cc43)O[C@@H]2CO)C2(C)N=C(/C(C)=C3N=C(/C=C4N=C1[C@@H](CCC(N)=O)C\4(C)C)[C@@H](CCC(N)=O)[C@]\3(C)CC(N)=O)[C@@H](CCC(=O)NCCCCCCCCCCCCNC(=O)CCSCC(=O)Nc1ccc(-c3c4ccc(O)cc4[o+]c4cc(O)ccc34)c(C(=O)O)c1)[C@]2(C)CC(N)=O.[C-]#N.[Co]. The number of thioether (sulfide) groups is 1. The van der Waals surface area contributed by atoms with Crippen molar-refractivity contribution in [1.82, 2.24) is 30.8 Å². The fourth-order valence-electron chi connectivity index (χ4n) is 21.5. The summed E-state index contributed by atoms with van der Waals surface area (Å²) >= 11 is 1.28. The number of hydrogen-bond donors (Lipinski definition) is 15. The Kier molecular flexibility index (Phi) is 37.2. The number of fused-ring (bicyclic) bond motifs is 9. The molecule has 8 bridgehead atoms. The van der Waals surface area contributed by atoms with Crippen LogP contribution in [-0.2, 0) is 78.3 Å². The molecule has 15 atom stereocenters. The van der Waals surface area contributed by atoms with Crippen LogP contribution in [0.1, 0.15) is 231 Å². The van der Waals surface area contributed by atoms with Crippen LogP contribution in [0.15, 0.2) is 127 Å². The van der Waals surface area contributed by atoms with E-state index in [1.807, 2.05) is 87.4 Å². The number of aliphatic imine (C=N–C) groups is 3. The van der Waals surface area contributed by atoms with Crippen molar-refractivity contribution in [3.05, 3.63) is 131 Å². The number of carboxylic acid groups (broad SMARTS) is 1. The Morgan fingerprint density at radius 1 is 0.679 bits per heavy atom. The summed E-state index contributed by atoms with van der Waals surface area (Å²) in [4.78, 5) is 171. The van der Waals surface area contributed by atoms with E-state index in [0.29, 0.717) is 104 Å². The van der Waals surface area contributed by atoms with E-state index in [-0.39, 0.29) is 158 Å². The van der Waals surface area contributed by atoms with Gasteiger partial charge in [-0.2, -0.15) is 11.8 Å². The van der Waals surface area contributed by atoms with Crippen molar-refractivity contribution in [1.29, 1.82) is 5.26 Å². The molecule has 759 valence electrons. The maximum absolute atomic E-state index is 14.7. The summed E-state index contributed by atoms with van der Waals surface area (Å²) < 4.78 is 38.2. The first-order valence-corrected chi connectivity index (χ1v) is 50.0. The van der Waals surface area contributed by atoms with E-state index < -0.39 is 143 Å². The molecule has 0 spiro atoms. The van der Waals surface area contributed by atoms with Gasteiger partial charge in [-0.05, 0) is 163 Å². The smallest absolute Gasteiger partial charge is 0.365 e. The van der Waals surface area contributed by atoms with Crippen LogP contribution in [0.3, 0.4) is 0 Å². The number of phenolic OH excluding ortho intramolecular Hbond substituents is 2. The topological polar surface area (TPSA) is 620 Å². The van der Waals surface area contributed by atoms with Gasteiger partial charge in [-0.1, -0.05) is 92.1 Å². The minimum atomic E-state index is -5.36. The van der Waals surface area contributed by atoms with Gasteiger partial charge in [0.25, 0.3) is 7.82 Å². The number of allylic oxidation sites excluding steroid dienone is 6. The van der Waals surface area contributed by atoms with E-state index in [0.717, 1.165) is 68.9 Å². The van der Waals surface area contributed by atoms with Crippen LogP contribution in [0.5, 0.6) is 11.5 Å². The molecule has 37 nitrogen and oxygen atoms in total. The minimum Gasteiger partial charge on any atom is -0.756 e. The molecule has 4 aromatic carbocycles. The number of phenols is 2. The van der Waals surface area contributed by atoms with Crippen molar-refractivity contribution in [2.75, 3.05) is 43.1 Å². The number of carboxylic acids is 1. The zero-order valence-corrected chi connectivity index (χ0v) is 83.9. The molecule has 40 heteroatoms. The Hall–Kier alpha value is -11.3. The van der Waals surface area contributed by atoms with Crippen LogP contribution in [0.4, 0.5) is 5.69 Å². The number of phosphoric acid groups is 1. The fourth-order valence-corrected chi connectivity index (χ4v) is 23.3. The number of aromatic carboxylic acids is 1. The molecular weight excluding hydrogens is 1880 g/mol. The van der Waals surface area contributed by atoms with Crippen molar-refractivity contribution < 1.29 is 118 Å². The molecule has 12 rings (SSSR count). The Morgan fingerprint density at radius 3 is 1.83 bits per heavy atom. The Bertz CT molecular complexity index is 5940. The number of aromatic hydroxyl groups is 2. The Morgan fingerprint density at radius 2 is 1.25 bits per heavy atom. The number of rotatable bonds is 47. The molecule has 1 radical (unpaired) electrons. The maximum atomic E-state index is 14.7. The summed E-state index contributed by atoms with van der Waals surface area (Å²) in [6.45, 7) is 24.9. The number of carbonyl (C=O) groups is 10. The molecule has 140 heavy (non-hydrogen) atoms. The molecule has 20 N–H and O–H groups in total. The number of aromatic nitrogens is 2. The molecule has 0 saturated carbocycles. The number of ether oxygens (including phenoxy) is 1. The van der Waals surface area contributed by atoms with Gasteiger partial charge in [0.05, 0.1) is 81.6 Å². The summed E-state index contributed by atoms with van der Waals surface area (Å²) in [5.41, 5.74) is 33.2.